The van der Waals surface area contributed by atoms with Gasteiger partial charge in [-0.25, -0.2) is 18.1 Å². The van der Waals surface area contributed by atoms with Crippen LogP contribution in [0.5, 0.6) is 0 Å². The average molecular weight is 280 g/mol. The van der Waals surface area contributed by atoms with Crippen molar-refractivity contribution in [3.8, 4) is 0 Å². The third-order valence-electron chi connectivity index (χ3n) is 2.71. The Morgan fingerprint density at radius 3 is 2.89 bits per heavy atom. The van der Waals surface area contributed by atoms with Gasteiger partial charge in [-0.3, -0.25) is 0 Å². The molecule has 0 bridgehead atoms. The van der Waals surface area contributed by atoms with Gasteiger partial charge in [0.05, 0.1) is 4.90 Å². The van der Waals surface area contributed by atoms with Crippen LogP contribution in [0.15, 0.2) is 35.5 Å². The SMILES string of the molecule is Cc1ccc(N)cc1S(=O)(=O)NCCc1ncc[nH]1. The molecular formula is C12H16N4O2S. The Morgan fingerprint density at radius 2 is 2.21 bits per heavy atom. The lowest BCUT2D eigenvalue weighted by atomic mass is 10.2. The number of imidazole rings is 1. The number of nitrogen functional groups attached to an aromatic ring is 1. The Morgan fingerprint density at radius 1 is 1.42 bits per heavy atom. The molecular weight excluding hydrogens is 264 g/mol. The summed E-state index contributed by atoms with van der Waals surface area (Å²) in [5, 5.41) is 0. The van der Waals surface area contributed by atoms with Gasteiger partial charge in [-0.1, -0.05) is 6.07 Å². The highest BCUT2D eigenvalue weighted by Crippen LogP contribution is 2.17. The number of nitrogens with one attached hydrogen (secondary N) is 2. The fourth-order valence-corrected chi connectivity index (χ4v) is 3.03. The van der Waals surface area contributed by atoms with Crippen LogP contribution in [-0.2, 0) is 16.4 Å². The van der Waals surface area contributed by atoms with Crippen molar-refractivity contribution in [3.63, 3.8) is 0 Å². The maximum Gasteiger partial charge on any atom is 0.240 e. The summed E-state index contributed by atoms with van der Waals surface area (Å²) in [6, 6.07) is 4.83. The molecule has 102 valence electrons. The van der Waals surface area contributed by atoms with E-state index in [4.69, 9.17) is 5.73 Å². The molecule has 0 saturated carbocycles. The molecule has 0 unspecified atom stereocenters. The van der Waals surface area contributed by atoms with E-state index in [0.717, 1.165) is 5.82 Å². The molecule has 1 heterocycles. The number of rotatable bonds is 5. The Kier molecular flexibility index (Phi) is 3.87. The molecule has 0 atom stereocenters. The van der Waals surface area contributed by atoms with Crippen molar-refractivity contribution in [1.82, 2.24) is 14.7 Å². The lowest BCUT2D eigenvalue weighted by molar-refractivity contribution is 0.580. The summed E-state index contributed by atoms with van der Waals surface area (Å²) >= 11 is 0. The minimum Gasteiger partial charge on any atom is -0.399 e. The molecule has 19 heavy (non-hydrogen) atoms. The monoisotopic (exact) mass is 280 g/mol. The van der Waals surface area contributed by atoms with Crippen LogP contribution in [0.2, 0.25) is 0 Å². The van der Waals surface area contributed by atoms with E-state index in [2.05, 4.69) is 14.7 Å². The van der Waals surface area contributed by atoms with E-state index in [1.807, 2.05) is 0 Å². The third kappa shape index (κ3) is 3.33. The number of hydrogen-bond acceptors (Lipinski definition) is 4. The van der Waals surface area contributed by atoms with E-state index in [1.165, 1.54) is 6.07 Å². The number of nitrogens with two attached hydrogens (primary N) is 1. The highest BCUT2D eigenvalue weighted by Gasteiger charge is 2.16. The summed E-state index contributed by atoms with van der Waals surface area (Å²) < 4.78 is 26.8. The van der Waals surface area contributed by atoms with E-state index < -0.39 is 10.0 Å². The summed E-state index contributed by atoms with van der Waals surface area (Å²) in [7, 11) is -3.54. The number of hydrogen-bond donors (Lipinski definition) is 3. The first-order valence-electron chi connectivity index (χ1n) is 5.83. The number of nitrogens with zero attached hydrogens (tertiary/aromatic N) is 1. The number of sulfonamides is 1. The Bertz CT molecular complexity index is 650. The fourth-order valence-electron chi connectivity index (χ4n) is 1.72. The van der Waals surface area contributed by atoms with E-state index >= 15 is 0 Å². The Labute approximate surface area is 112 Å². The van der Waals surface area contributed by atoms with Gasteiger partial charge in [0.1, 0.15) is 5.82 Å². The third-order valence-corrected chi connectivity index (χ3v) is 4.31. The highest BCUT2D eigenvalue weighted by atomic mass is 32.2. The largest absolute Gasteiger partial charge is 0.399 e. The second kappa shape index (κ2) is 5.41. The van der Waals surface area contributed by atoms with Crippen LogP contribution in [0, 0.1) is 6.92 Å². The summed E-state index contributed by atoms with van der Waals surface area (Å²) in [6.07, 6.45) is 3.84. The molecule has 4 N–H and O–H groups in total. The summed E-state index contributed by atoms with van der Waals surface area (Å²) in [5.41, 5.74) is 6.72. The smallest absolute Gasteiger partial charge is 0.240 e. The first-order valence-corrected chi connectivity index (χ1v) is 7.31. The molecule has 7 heteroatoms. The van der Waals surface area contributed by atoms with Gasteiger partial charge >= 0.3 is 0 Å². The van der Waals surface area contributed by atoms with Gasteiger partial charge < -0.3 is 10.7 Å². The van der Waals surface area contributed by atoms with Crippen LogP contribution in [0.3, 0.4) is 0 Å². The maximum absolute atomic E-state index is 12.1. The van der Waals surface area contributed by atoms with Crippen molar-refractivity contribution in [2.24, 2.45) is 0 Å². The van der Waals surface area contributed by atoms with Crippen LogP contribution < -0.4 is 10.5 Å². The minimum atomic E-state index is -3.54. The van der Waals surface area contributed by atoms with Gasteiger partial charge in [0.25, 0.3) is 0 Å². The molecule has 0 saturated heterocycles. The van der Waals surface area contributed by atoms with Crippen molar-refractivity contribution in [2.45, 2.75) is 18.2 Å². The number of aromatic amines is 1. The topological polar surface area (TPSA) is 101 Å². The molecule has 0 aliphatic heterocycles. The molecule has 0 aliphatic rings. The van der Waals surface area contributed by atoms with Crippen molar-refractivity contribution in [2.75, 3.05) is 12.3 Å². The summed E-state index contributed by atoms with van der Waals surface area (Å²) in [5.74, 6) is 0.743. The molecule has 6 nitrogen and oxygen atoms in total. The predicted molar refractivity (Wildman–Crippen MR) is 73.1 cm³/mol. The molecule has 0 spiro atoms. The maximum atomic E-state index is 12.1. The number of benzene rings is 1. The number of aryl methyl sites for hydroxylation is 1. The Hall–Kier alpha value is -1.86. The standard InChI is InChI=1S/C12H16N4O2S/c1-9-2-3-10(13)8-11(9)19(17,18)16-5-4-12-14-6-7-15-12/h2-3,6-8,16H,4-5,13H2,1H3,(H,14,15). The lowest BCUT2D eigenvalue weighted by Crippen LogP contribution is -2.27. The van der Waals surface area contributed by atoms with Crippen molar-refractivity contribution < 1.29 is 8.42 Å². The van der Waals surface area contributed by atoms with E-state index in [1.54, 1.807) is 31.5 Å². The lowest BCUT2D eigenvalue weighted by Gasteiger charge is -2.09. The van der Waals surface area contributed by atoms with Gasteiger partial charge in [0, 0.05) is 31.0 Å². The molecule has 0 radical (unpaired) electrons. The summed E-state index contributed by atoms with van der Waals surface area (Å²) in [6.45, 7) is 2.02. The van der Waals surface area contributed by atoms with Crippen molar-refractivity contribution in [3.05, 3.63) is 42.0 Å². The van der Waals surface area contributed by atoms with Gasteiger partial charge in [-0.2, -0.15) is 0 Å². The number of anilines is 1. The second-order valence-corrected chi connectivity index (χ2v) is 5.94. The van der Waals surface area contributed by atoms with Gasteiger partial charge in [-0.05, 0) is 24.6 Å². The first-order chi connectivity index (χ1) is 8.99. The zero-order chi connectivity index (χ0) is 13.9. The predicted octanol–water partition coefficient (Wildman–Crippen LogP) is 0.821. The molecule has 0 fully saturated rings. The normalized spacial score (nSPS) is 11.6. The second-order valence-electron chi connectivity index (χ2n) is 4.21. The number of H-pyrrole nitrogens is 1. The van der Waals surface area contributed by atoms with Crippen LogP contribution in [0.1, 0.15) is 11.4 Å². The van der Waals surface area contributed by atoms with Gasteiger partial charge in [0.15, 0.2) is 0 Å². The molecule has 1 aromatic carbocycles. The van der Waals surface area contributed by atoms with Gasteiger partial charge in [-0.15, -0.1) is 0 Å². The quantitative estimate of drug-likeness (QED) is 0.706. The Balaban J connectivity index is 2.07. The van der Waals surface area contributed by atoms with Crippen LogP contribution in [-0.4, -0.2) is 24.9 Å². The van der Waals surface area contributed by atoms with Crippen molar-refractivity contribution >= 4 is 15.7 Å². The summed E-state index contributed by atoms with van der Waals surface area (Å²) in [4.78, 5) is 7.16. The van der Waals surface area contributed by atoms with E-state index in [-0.39, 0.29) is 11.4 Å². The van der Waals surface area contributed by atoms with E-state index in [0.29, 0.717) is 17.7 Å². The van der Waals surface area contributed by atoms with Crippen LogP contribution in [0.4, 0.5) is 5.69 Å². The molecule has 0 amide bonds. The zero-order valence-corrected chi connectivity index (χ0v) is 11.4. The fraction of sp³-hybridized carbons (Fsp3) is 0.250. The van der Waals surface area contributed by atoms with E-state index in [9.17, 15) is 8.42 Å². The minimum absolute atomic E-state index is 0.215. The highest BCUT2D eigenvalue weighted by molar-refractivity contribution is 7.89. The molecule has 2 rings (SSSR count). The first kappa shape index (κ1) is 13.6. The molecule has 1 aromatic heterocycles. The average Bonchev–Trinajstić information content (AvgIpc) is 2.85. The molecule has 2 aromatic rings. The van der Waals surface area contributed by atoms with Gasteiger partial charge in [0.2, 0.25) is 10.0 Å². The van der Waals surface area contributed by atoms with Crippen LogP contribution in [0.25, 0.3) is 0 Å². The molecule has 0 aliphatic carbocycles. The number of aromatic nitrogens is 2. The van der Waals surface area contributed by atoms with Crippen LogP contribution >= 0.6 is 0 Å². The zero-order valence-electron chi connectivity index (χ0n) is 10.6. The van der Waals surface area contributed by atoms with Crippen molar-refractivity contribution in [1.29, 1.82) is 0 Å².